The highest BCUT2D eigenvalue weighted by Crippen LogP contribution is 2.39. The molecule has 4 nitrogen and oxygen atoms in total. The number of hydrogen-bond acceptors (Lipinski definition) is 4. The lowest BCUT2D eigenvalue weighted by Crippen LogP contribution is -2.44. The lowest BCUT2D eigenvalue weighted by Gasteiger charge is -2.33. The molecule has 3 aromatic carbocycles. The summed E-state index contributed by atoms with van der Waals surface area (Å²) in [4.78, 5) is 19.5. The van der Waals surface area contributed by atoms with Crippen molar-refractivity contribution in [3.8, 4) is 17.0 Å². The highest BCUT2D eigenvalue weighted by atomic mass is 32.1. The van der Waals surface area contributed by atoms with Crippen molar-refractivity contribution in [2.75, 3.05) is 4.90 Å². The van der Waals surface area contributed by atoms with Crippen LogP contribution in [0, 0.1) is 6.92 Å². The van der Waals surface area contributed by atoms with E-state index >= 15 is 0 Å². The lowest BCUT2D eigenvalue weighted by molar-refractivity contribution is -0.125. The van der Waals surface area contributed by atoms with Gasteiger partial charge >= 0.3 is 0 Å². The van der Waals surface area contributed by atoms with Crippen LogP contribution in [0.15, 0.2) is 66.0 Å². The first kappa shape index (κ1) is 17.9. The van der Waals surface area contributed by atoms with Crippen LogP contribution in [0.3, 0.4) is 0 Å². The molecular weight excluding hydrogens is 380 g/mol. The van der Waals surface area contributed by atoms with Crippen LogP contribution in [0.1, 0.15) is 17.5 Å². The number of anilines is 1. The third-order valence-electron chi connectivity index (χ3n) is 5.29. The van der Waals surface area contributed by atoms with Crippen molar-refractivity contribution in [3.05, 3.63) is 76.6 Å². The number of aryl methyl sites for hydroxylation is 1. The Morgan fingerprint density at radius 3 is 2.76 bits per heavy atom. The number of amides is 1. The van der Waals surface area contributed by atoms with Gasteiger partial charge < -0.3 is 9.64 Å². The quantitative estimate of drug-likeness (QED) is 0.450. The van der Waals surface area contributed by atoms with Gasteiger partial charge in [0.15, 0.2) is 6.10 Å². The first-order valence-electron chi connectivity index (χ1n) is 9.61. The van der Waals surface area contributed by atoms with Gasteiger partial charge in [-0.25, -0.2) is 4.98 Å². The first-order valence-corrected chi connectivity index (χ1v) is 10.5. The number of carbonyl (C=O) groups excluding carboxylic acids is 1. The van der Waals surface area contributed by atoms with E-state index in [-0.39, 0.29) is 5.91 Å². The SMILES string of the molecule is Cc1nc(-c2ccc3c(c2)N(Cc2cccc4ccccc24)C(=O)C(C)O3)cs1. The van der Waals surface area contributed by atoms with Crippen molar-refractivity contribution in [2.45, 2.75) is 26.5 Å². The topological polar surface area (TPSA) is 42.4 Å². The summed E-state index contributed by atoms with van der Waals surface area (Å²) in [6, 6.07) is 20.5. The number of ether oxygens (including phenoxy) is 1. The number of rotatable bonds is 3. The van der Waals surface area contributed by atoms with Gasteiger partial charge in [-0.15, -0.1) is 11.3 Å². The van der Waals surface area contributed by atoms with Crippen molar-refractivity contribution in [3.63, 3.8) is 0 Å². The van der Waals surface area contributed by atoms with E-state index in [1.54, 1.807) is 18.3 Å². The Labute approximate surface area is 173 Å². The van der Waals surface area contributed by atoms with Gasteiger partial charge in [-0.3, -0.25) is 4.79 Å². The van der Waals surface area contributed by atoms with E-state index in [9.17, 15) is 4.79 Å². The molecule has 2 heterocycles. The molecule has 29 heavy (non-hydrogen) atoms. The van der Waals surface area contributed by atoms with Crippen LogP contribution in [0.4, 0.5) is 5.69 Å². The Kier molecular flexibility index (Phi) is 4.32. The van der Waals surface area contributed by atoms with Crippen LogP contribution >= 0.6 is 11.3 Å². The summed E-state index contributed by atoms with van der Waals surface area (Å²) in [5, 5.41) is 5.40. The fourth-order valence-corrected chi connectivity index (χ4v) is 4.45. The number of hydrogen-bond donors (Lipinski definition) is 0. The second-order valence-electron chi connectivity index (χ2n) is 7.26. The fourth-order valence-electron chi connectivity index (χ4n) is 3.83. The van der Waals surface area contributed by atoms with Crippen molar-refractivity contribution in [2.24, 2.45) is 0 Å². The Morgan fingerprint density at radius 2 is 1.93 bits per heavy atom. The highest BCUT2D eigenvalue weighted by molar-refractivity contribution is 7.09. The van der Waals surface area contributed by atoms with Gasteiger partial charge in [0.2, 0.25) is 0 Å². The molecule has 1 atom stereocenters. The van der Waals surface area contributed by atoms with Gasteiger partial charge in [0.05, 0.1) is 22.9 Å². The second kappa shape index (κ2) is 7.01. The summed E-state index contributed by atoms with van der Waals surface area (Å²) in [5.74, 6) is 0.699. The van der Waals surface area contributed by atoms with Gasteiger partial charge in [0, 0.05) is 10.9 Å². The van der Waals surface area contributed by atoms with E-state index in [1.165, 1.54) is 5.39 Å². The maximum absolute atomic E-state index is 13.1. The molecule has 1 amide bonds. The molecule has 4 aromatic rings. The van der Waals surface area contributed by atoms with Gasteiger partial charge in [-0.1, -0.05) is 42.5 Å². The molecule has 1 unspecified atom stereocenters. The molecule has 0 saturated heterocycles. The largest absolute Gasteiger partial charge is 0.479 e. The van der Waals surface area contributed by atoms with Crippen molar-refractivity contribution in [1.82, 2.24) is 4.98 Å². The standard InChI is InChI=1S/C24H20N2O2S/c1-15-24(27)26(13-19-8-5-7-17-6-3-4-9-20(17)19)22-12-18(10-11-23(22)28-15)21-14-29-16(2)25-21/h3-12,14-15H,13H2,1-2H3. The van der Waals surface area contributed by atoms with Crippen LogP contribution < -0.4 is 9.64 Å². The molecule has 0 N–H and O–H groups in total. The molecule has 1 aromatic heterocycles. The summed E-state index contributed by atoms with van der Waals surface area (Å²) in [6.07, 6.45) is -0.509. The van der Waals surface area contributed by atoms with E-state index in [0.717, 1.165) is 38.7 Å². The molecule has 0 spiro atoms. The Bertz CT molecular complexity index is 1230. The summed E-state index contributed by atoms with van der Waals surface area (Å²) in [5.41, 5.74) is 3.82. The molecule has 0 radical (unpaired) electrons. The number of nitrogens with zero attached hydrogens (tertiary/aromatic N) is 2. The molecule has 0 aliphatic carbocycles. The number of benzene rings is 3. The Morgan fingerprint density at radius 1 is 1.10 bits per heavy atom. The van der Waals surface area contributed by atoms with Gasteiger partial charge in [0.1, 0.15) is 5.75 Å². The fraction of sp³-hybridized carbons (Fsp3) is 0.167. The molecule has 5 heteroatoms. The number of carbonyl (C=O) groups is 1. The molecule has 0 fully saturated rings. The van der Waals surface area contributed by atoms with Gasteiger partial charge in [0.25, 0.3) is 5.91 Å². The first-order chi connectivity index (χ1) is 14.1. The van der Waals surface area contributed by atoms with E-state index in [4.69, 9.17) is 4.74 Å². The summed E-state index contributed by atoms with van der Waals surface area (Å²) in [7, 11) is 0. The maximum atomic E-state index is 13.1. The van der Waals surface area contributed by atoms with Crippen LogP contribution in [0.5, 0.6) is 5.75 Å². The normalized spacial score (nSPS) is 16.0. The smallest absolute Gasteiger partial charge is 0.268 e. The van der Waals surface area contributed by atoms with E-state index < -0.39 is 6.10 Å². The molecule has 1 aliphatic rings. The zero-order valence-corrected chi connectivity index (χ0v) is 17.1. The van der Waals surface area contributed by atoms with Crippen LogP contribution in [0.25, 0.3) is 22.0 Å². The van der Waals surface area contributed by atoms with Crippen molar-refractivity contribution in [1.29, 1.82) is 0 Å². The minimum Gasteiger partial charge on any atom is -0.479 e. The average molecular weight is 401 g/mol. The third-order valence-corrected chi connectivity index (χ3v) is 6.06. The van der Waals surface area contributed by atoms with Crippen LogP contribution in [-0.4, -0.2) is 17.0 Å². The van der Waals surface area contributed by atoms with E-state index in [0.29, 0.717) is 6.54 Å². The zero-order valence-electron chi connectivity index (χ0n) is 16.3. The summed E-state index contributed by atoms with van der Waals surface area (Å²) >= 11 is 1.62. The van der Waals surface area contributed by atoms with E-state index in [1.807, 2.05) is 53.6 Å². The Balaban J connectivity index is 1.60. The average Bonchev–Trinajstić information content (AvgIpc) is 3.17. The predicted molar refractivity (Wildman–Crippen MR) is 118 cm³/mol. The minimum atomic E-state index is -0.509. The Hall–Kier alpha value is -3.18. The maximum Gasteiger partial charge on any atom is 0.268 e. The predicted octanol–water partition coefficient (Wildman–Crippen LogP) is 5.59. The lowest BCUT2D eigenvalue weighted by atomic mass is 10.0. The van der Waals surface area contributed by atoms with Crippen molar-refractivity contribution < 1.29 is 9.53 Å². The zero-order chi connectivity index (χ0) is 20.0. The number of aromatic nitrogens is 1. The van der Waals surface area contributed by atoms with Gasteiger partial charge in [-0.2, -0.15) is 0 Å². The number of fused-ring (bicyclic) bond motifs is 2. The summed E-state index contributed by atoms with van der Waals surface area (Å²) < 4.78 is 5.89. The highest BCUT2D eigenvalue weighted by Gasteiger charge is 2.32. The third kappa shape index (κ3) is 3.17. The molecule has 5 rings (SSSR count). The monoisotopic (exact) mass is 400 g/mol. The van der Waals surface area contributed by atoms with E-state index in [2.05, 4.69) is 29.2 Å². The summed E-state index contributed by atoms with van der Waals surface area (Å²) in [6.45, 7) is 4.30. The minimum absolute atomic E-state index is 0.0305. The second-order valence-corrected chi connectivity index (χ2v) is 8.32. The van der Waals surface area contributed by atoms with Crippen LogP contribution in [-0.2, 0) is 11.3 Å². The van der Waals surface area contributed by atoms with Crippen molar-refractivity contribution >= 4 is 33.7 Å². The van der Waals surface area contributed by atoms with Gasteiger partial charge in [-0.05, 0) is 48.4 Å². The van der Waals surface area contributed by atoms with Crippen LogP contribution in [0.2, 0.25) is 0 Å². The molecule has 1 aliphatic heterocycles. The number of thiazole rings is 1. The molecule has 0 saturated carbocycles. The molecule has 144 valence electrons. The molecule has 0 bridgehead atoms. The molecular formula is C24H20N2O2S.